The molecule has 24 heavy (non-hydrogen) atoms. The van der Waals surface area contributed by atoms with E-state index in [4.69, 9.17) is 9.47 Å². The quantitative estimate of drug-likeness (QED) is 0.749. The Morgan fingerprint density at radius 2 is 2.29 bits per heavy atom. The highest BCUT2D eigenvalue weighted by Crippen LogP contribution is 2.14. The molecule has 1 amide bonds. The Balaban J connectivity index is 1.57. The lowest BCUT2D eigenvalue weighted by molar-refractivity contribution is -0.0403. The van der Waals surface area contributed by atoms with Crippen molar-refractivity contribution in [2.75, 3.05) is 26.3 Å². The smallest absolute Gasteiger partial charge is 0.272 e. The minimum atomic E-state index is -0.170. The van der Waals surface area contributed by atoms with Crippen molar-refractivity contribution in [1.29, 1.82) is 0 Å². The maximum atomic E-state index is 12.5. The first-order valence-electron chi connectivity index (χ1n) is 7.71. The van der Waals surface area contributed by atoms with Gasteiger partial charge in [0.2, 0.25) is 0 Å². The molecule has 0 spiro atoms. The zero-order chi connectivity index (χ0) is 16.9. The first kappa shape index (κ1) is 16.9. The molecule has 0 radical (unpaired) electrons. The topological polar surface area (TPSA) is 64.5 Å². The molecule has 0 saturated carbocycles. The highest BCUT2D eigenvalue weighted by molar-refractivity contribution is 9.10. The summed E-state index contributed by atoms with van der Waals surface area (Å²) in [6.45, 7) is 3.82. The van der Waals surface area contributed by atoms with Crippen LogP contribution in [-0.2, 0) is 4.74 Å². The van der Waals surface area contributed by atoms with Crippen LogP contribution in [0.15, 0.2) is 41.1 Å². The molecular formula is C17H18BrN3O3. The third-order valence-electron chi connectivity index (χ3n) is 3.68. The molecule has 0 aromatic carbocycles. The Hall–Kier alpha value is -1.99. The van der Waals surface area contributed by atoms with Gasteiger partial charge in [-0.05, 0) is 47.1 Å². The molecule has 126 valence electrons. The van der Waals surface area contributed by atoms with E-state index in [1.165, 1.54) is 0 Å². The Labute approximate surface area is 148 Å². The van der Waals surface area contributed by atoms with Crippen LogP contribution >= 0.6 is 15.9 Å². The molecule has 1 unspecified atom stereocenters. The van der Waals surface area contributed by atoms with Crippen molar-refractivity contribution < 1.29 is 14.3 Å². The lowest BCUT2D eigenvalue weighted by atomic mass is 10.2. The number of nitrogens with zero attached hydrogens (tertiary/aromatic N) is 3. The van der Waals surface area contributed by atoms with Crippen molar-refractivity contribution in [2.24, 2.45) is 0 Å². The van der Waals surface area contributed by atoms with Gasteiger partial charge in [0.15, 0.2) is 0 Å². The van der Waals surface area contributed by atoms with Crippen LogP contribution in [0.25, 0.3) is 0 Å². The van der Waals surface area contributed by atoms with Crippen LogP contribution in [0.2, 0.25) is 0 Å². The number of carbonyl (C=O) groups excluding carboxylic acids is 1. The van der Waals surface area contributed by atoms with Gasteiger partial charge in [-0.15, -0.1) is 0 Å². The monoisotopic (exact) mass is 391 g/mol. The van der Waals surface area contributed by atoms with Gasteiger partial charge in [0, 0.05) is 12.2 Å². The SMILES string of the molecule is Cc1ccc(OCC2CN(C(=O)c3cccc(Br)n3)CCO2)cn1. The van der Waals surface area contributed by atoms with E-state index in [9.17, 15) is 4.79 Å². The maximum Gasteiger partial charge on any atom is 0.272 e. The summed E-state index contributed by atoms with van der Waals surface area (Å²) in [5.74, 6) is 0.600. The van der Waals surface area contributed by atoms with E-state index < -0.39 is 0 Å². The number of halogens is 1. The van der Waals surface area contributed by atoms with Gasteiger partial charge in [-0.1, -0.05) is 6.07 Å². The maximum absolute atomic E-state index is 12.5. The molecule has 7 heteroatoms. The first-order valence-corrected chi connectivity index (χ1v) is 8.50. The second kappa shape index (κ2) is 7.72. The van der Waals surface area contributed by atoms with Crippen LogP contribution in [0.4, 0.5) is 0 Å². The summed E-state index contributed by atoms with van der Waals surface area (Å²) < 4.78 is 12.0. The lowest BCUT2D eigenvalue weighted by Gasteiger charge is -2.32. The predicted octanol–water partition coefficient (Wildman–Crippen LogP) is 2.47. The molecule has 0 N–H and O–H groups in total. The number of pyridine rings is 2. The summed E-state index contributed by atoms with van der Waals surface area (Å²) in [6, 6.07) is 9.08. The minimum absolute atomic E-state index is 0.0957. The minimum Gasteiger partial charge on any atom is -0.489 e. The number of morpholine rings is 1. The third kappa shape index (κ3) is 4.30. The molecular weight excluding hydrogens is 374 g/mol. The number of carbonyl (C=O) groups is 1. The van der Waals surface area contributed by atoms with Crippen LogP contribution in [0.3, 0.4) is 0 Å². The van der Waals surface area contributed by atoms with Crippen molar-refractivity contribution in [3.8, 4) is 5.75 Å². The molecule has 1 saturated heterocycles. The van der Waals surface area contributed by atoms with Gasteiger partial charge in [0.05, 0.1) is 19.3 Å². The van der Waals surface area contributed by atoms with Crippen LogP contribution in [0.5, 0.6) is 5.75 Å². The van der Waals surface area contributed by atoms with E-state index >= 15 is 0 Å². The predicted molar refractivity (Wildman–Crippen MR) is 92.0 cm³/mol. The van der Waals surface area contributed by atoms with Gasteiger partial charge in [-0.3, -0.25) is 9.78 Å². The highest BCUT2D eigenvalue weighted by atomic mass is 79.9. The Morgan fingerprint density at radius 3 is 3.04 bits per heavy atom. The number of hydrogen-bond acceptors (Lipinski definition) is 5. The van der Waals surface area contributed by atoms with Crippen molar-refractivity contribution in [1.82, 2.24) is 14.9 Å². The summed E-state index contributed by atoms with van der Waals surface area (Å²) in [7, 11) is 0. The van der Waals surface area contributed by atoms with Crippen LogP contribution in [0.1, 0.15) is 16.2 Å². The van der Waals surface area contributed by atoms with E-state index in [-0.39, 0.29) is 12.0 Å². The van der Waals surface area contributed by atoms with Crippen LogP contribution in [0, 0.1) is 6.92 Å². The normalized spacial score (nSPS) is 17.6. The number of aromatic nitrogens is 2. The molecule has 3 heterocycles. The highest BCUT2D eigenvalue weighted by Gasteiger charge is 2.26. The number of aryl methyl sites for hydroxylation is 1. The molecule has 1 aliphatic rings. The van der Waals surface area contributed by atoms with Crippen molar-refractivity contribution in [2.45, 2.75) is 13.0 Å². The largest absolute Gasteiger partial charge is 0.489 e. The molecule has 1 atom stereocenters. The summed E-state index contributed by atoms with van der Waals surface area (Å²) in [5.41, 5.74) is 1.36. The molecule has 1 fully saturated rings. The van der Waals surface area contributed by atoms with E-state index in [1.807, 2.05) is 19.1 Å². The average Bonchev–Trinajstić information content (AvgIpc) is 2.61. The zero-order valence-corrected chi connectivity index (χ0v) is 14.9. The number of hydrogen-bond donors (Lipinski definition) is 0. The summed E-state index contributed by atoms with van der Waals surface area (Å²) in [4.78, 5) is 22.7. The zero-order valence-electron chi connectivity index (χ0n) is 13.3. The van der Waals surface area contributed by atoms with Crippen LogP contribution < -0.4 is 4.74 Å². The summed E-state index contributed by atoms with van der Waals surface area (Å²) >= 11 is 3.29. The van der Waals surface area contributed by atoms with Crippen LogP contribution in [-0.4, -0.2) is 53.2 Å². The fraction of sp³-hybridized carbons (Fsp3) is 0.353. The Kier molecular flexibility index (Phi) is 5.42. The van der Waals surface area contributed by atoms with Gasteiger partial charge in [0.25, 0.3) is 5.91 Å². The fourth-order valence-electron chi connectivity index (χ4n) is 2.42. The van der Waals surface area contributed by atoms with E-state index in [0.29, 0.717) is 42.3 Å². The van der Waals surface area contributed by atoms with Crippen molar-refractivity contribution >= 4 is 21.8 Å². The molecule has 0 aliphatic carbocycles. The molecule has 0 bridgehead atoms. The van der Waals surface area contributed by atoms with Gasteiger partial charge in [0.1, 0.15) is 28.8 Å². The number of amides is 1. The second-order valence-corrected chi connectivity index (χ2v) is 6.35. The molecule has 3 rings (SSSR count). The van der Waals surface area contributed by atoms with Gasteiger partial charge in [-0.2, -0.15) is 0 Å². The van der Waals surface area contributed by atoms with Gasteiger partial charge < -0.3 is 14.4 Å². The van der Waals surface area contributed by atoms with Crippen molar-refractivity contribution in [3.05, 3.63) is 52.5 Å². The van der Waals surface area contributed by atoms with E-state index in [1.54, 1.807) is 29.3 Å². The van der Waals surface area contributed by atoms with E-state index in [2.05, 4.69) is 25.9 Å². The Bertz CT molecular complexity index is 708. The number of ether oxygens (including phenoxy) is 2. The van der Waals surface area contributed by atoms with E-state index in [0.717, 1.165) is 5.69 Å². The molecule has 1 aliphatic heterocycles. The third-order valence-corrected chi connectivity index (χ3v) is 4.12. The number of rotatable bonds is 4. The second-order valence-electron chi connectivity index (χ2n) is 5.54. The summed E-state index contributed by atoms with van der Waals surface area (Å²) in [5, 5.41) is 0. The molecule has 2 aromatic heterocycles. The van der Waals surface area contributed by atoms with Gasteiger partial charge in [-0.25, -0.2) is 4.98 Å². The van der Waals surface area contributed by atoms with Crippen molar-refractivity contribution in [3.63, 3.8) is 0 Å². The fourth-order valence-corrected chi connectivity index (χ4v) is 2.77. The lowest BCUT2D eigenvalue weighted by Crippen LogP contribution is -2.47. The Morgan fingerprint density at radius 1 is 1.42 bits per heavy atom. The first-order chi connectivity index (χ1) is 11.6. The summed E-state index contributed by atoms with van der Waals surface area (Å²) in [6.07, 6.45) is 1.52. The average molecular weight is 392 g/mol. The molecule has 2 aromatic rings. The molecule has 6 nitrogen and oxygen atoms in total. The standard InChI is InChI=1S/C17H18BrN3O3/c1-12-5-6-13(9-19-12)24-11-14-10-21(7-8-23-14)17(22)15-3-2-4-16(18)20-15/h2-6,9,14H,7-8,10-11H2,1H3. The van der Waals surface area contributed by atoms with Gasteiger partial charge >= 0.3 is 0 Å².